The summed E-state index contributed by atoms with van der Waals surface area (Å²) < 4.78 is 5.97. The van der Waals surface area contributed by atoms with Gasteiger partial charge in [0.15, 0.2) is 0 Å². The maximum atomic E-state index is 5.97. The molecule has 0 bridgehead atoms. The van der Waals surface area contributed by atoms with Crippen molar-refractivity contribution in [3.63, 3.8) is 0 Å². The third kappa shape index (κ3) is 2.20. The van der Waals surface area contributed by atoms with Crippen molar-refractivity contribution in [2.45, 2.75) is 43.0 Å². The Kier molecular flexibility index (Phi) is 2.94. The number of halogens is 1. The summed E-state index contributed by atoms with van der Waals surface area (Å²) in [6.45, 7) is 4.31. The molecule has 0 spiro atoms. The highest BCUT2D eigenvalue weighted by molar-refractivity contribution is 9.09. The molecule has 0 N–H and O–H groups in total. The van der Waals surface area contributed by atoms with Gasteiger partial charge in [0, 0.05) is 17.2 Å². The maximum Gasteiger partial charge on any atom is 0.123 e. The number of rotatable bonds is 2. The third-order valence-corrected chi connectivity index (χ3v) is 5.82. The first-order valence-electron chi connectivity index (χ1n) is 7.57. The summed E-state index contributed by atoms with van der Waals surface area (Å²) in [6, 6.07) is 15.4. The summed E-state index contributed by atoms with van der Waals surface area (Å²) in [7, 11) is 0. The van der Waals surface area contributed by atoms with Crippen LogP contribution in [0.1, 0.15) is 46.8 Å². The number of ether oxygens (including phenoxy) is 1. The van der Waals surface area contributed by atoms with Crippen molar-refractivity contribution >= 4 is 15.9 Å². The van der Waals surface area contributed by atoms with Gasteiger partial charge >= 0.3 is 0 Å². The fourth-order valence-corrected chi connectivity index (χ4v) is 4.35. The molecule has 1 heterocycles. The van der Waals surface area contributed by atoms with Crippen LogP contribution < -0.4 is 4.74 Å². The lowest BCUT2D eigenvalue weighted by molar-refractivity contribution is 0.138. The number of benzene rings is 2. The van der Waals surface area contributed by atoms with E-state index in [-0.39, 0.29) is 5.60 Å². The van der Waals surface area contributed by atoms with Crippen LogP contribution >= 0.6 is 15.9 Å². The zero-order chi connectivity index (χ0) is 14.6. The second kappa shape index (κ2) is 4.61. The SMILES string of the molecule is CC1(C)Cc2cc(C(Br)C3Cc4ccccc43)ccc2O1. The molecule has 1 aliphatic carbocycles. The van der Waals surface area contributed by atoms with E-state index < -0.39 is 0 Å². The molecule has 4 rings (SSSR count). The van der Waals surface area contributed by atoms with Gasteiger partial charge in [-0.2, -0.15) is 0 Å². The van der Waals surface area contributed by atoms with Crippen LogP contribution in [0.3, 0.4) is 0 Å². The minimum atomic E-state index is -0.0637. The number of fused-ring (bicyclic) bond motifs is 2. The molecule has 0 saturated carbocycles. The Labute approximate surface area is 134 Å². The van der Waals surface area contributed by atoms with Crippen molar-refractivity contribution in [3.8, 4) is 5.75 Å². The molecule has 0 aromatic heterocycles. The highest BCUT2D eigenvalue weighted by Gasteiger charge is 2.34. The van der Waals surface area contributed by atoms with Crippen molar-refractivity contribution in [1.82, 2.24) is 0 Å². The van der Waals surface area contributed by atoms with Crippen LogP contribution in [0.2, 0.25) is 0 Å². The third-order valence-electron chi connectivity index (χ3n) is 4.65. The molecule has 0 saturated heterocycles. The molecular formula is C19H19BrO. The van der Waals surface area contributed by atoms with E-state index in [0.717, 1.165) is 12.2 Å². The van der Waals surface area contributed by atoms with E-state index in [2.05, 4.69) is 72.2 Å². The lowest BCUT2D eigenvalue weighted by Gasteiger charge is -2.34. The predicted octanol–water partition coefficient (Wildman–Crippen LogP) is 5.18. The second-order valence-electron chi connectivity index (χ2n) is 6.82. The largest absolute Gasteiger partial charge is 0.487 e. The Morgan fingerprint density at radius 3 is 2.76 bits per heavy atom. The molecule has 2 unspecified atom stereocenters. The van der Waals surface area contributed by atoms with Crippen molar-refractivity contribution in [2.75, 3.05) is 0 Å². The average molecular weight is 343 g/mol. The van der Waals surface area contributed by atoms with Gasteiger partial charge in [-0.25, -0.2) is 0 Å². The normalized spacial score (nSPS) is 22.7. The molecule has 2 heteroatoms. The Morgan fingerprint density at radius 2 is 1.95 bits per heavy atom. The molecule has 0 amide bonds. The Balaban J connectivity index is 1.61. The molecular weight excluding hydrogens is 324 g/mol. The predicted molar refractivity (Wildman–Crippen MR) is 89.4 cm³/mol. The zero-order valence-corrected chi connectivity index (χ0v) is 14.0. The molecule has 21 heavy (non-hydrogen) atoms. The van der Waals surface area contributed by atoms with Gasteiger partial charge < -0.3 is 4.74 Å². The van der Waals surface area contributed by atoms with E-state index in [0.29, 0.717) is 10.7 Å². The second-order valence-corrected chi connectivity index (χ2v) is 7.80. The van der Waals surface area contributed by atoms with Crippen LogP contribution in [0.25, 0.3) is 0 Å². The molecule has 2 atom stereocenters. The average Bonchev–Trinajstić information content (AvgIpc) is 2.72. The van der Waals surface area contributed by atoms with Crippen molar-refractivity contribution < 1.29 is 4.74 Å². The monoisotopic (exact) mass is 342 g/mol. The zero-order valence-electron chi connectivity index (χ0n) is 12.4. The number of alkyl halides is 1. The highest BCUT2D eigenvalue weighted by atomic mass is 79.9. The molecule has 2 aromatic rings. The maximum absolute atomic E-state index is 5.97. The summed E-state index contributed by atoms with van der Waals surface area (Å²) in [5.74, 6) is 1.65. The van der Waals surface area contributed by atoms with Gasteiger partial charge in [-0.1, -0.05) is 52.3 Å². The van der Waals surface area contributed by atoms with E-state index in [1.807, 2.05) is 0 Å². The van der Waals surface area contributed by atoms with Gasteiger partial charge in [-0.3, -0.25) is 0 Å². The Hall–Kier alpha value is -1.28. The minimum absolute atomic E-state index is 0.0637. The van der Waals surface area contributed by atoms with Crippen molar-refractivity contribution in [1.29, 1.82) is 0 Å². The standard InChI is InChI=1S/C19H19BrO/c1-19(2)11-14-9-13(7-8-17(14)21-19)18(20)16-10-12-5-3-4-6-15(12)16/h3-9,16,18H,10-11H2,1-2H3. The summed E-state index contributed by atoms with van der Waals surface area (Å²) in [6.07, 6.45) is 2.17. The van der Waals surface area contributed by atoms with Crippen LogP contribution in [0, 0.1) is 0 Å². The first kappa shape index (κ1) is 13.4. The van der Waals surface area contributed by atoms with E-state index in [1.54, 1.807) is 0 Å². The molecule has 0 radical (unpaired) electrons. The van der Waals surface area contributed by atoms with Gasteiger partial charge in [0.05, 0.1) is 0 Å². The van der Waals surface area contributed by atoms with E-state index in [9.17, 15) is 0 Å². The fourth-order valence-electron chi connectivity index (χ4n) is 3.59. The van der Waals surface area contributed by atoms with Gasteiger partial charge in [-0.05, 0) is 48.6 Å². The summed E-state index contributed by atoms with van der Waals surface area (Å²) >= 11 is 3.93. The number of hydrogen-bond donors (Lipinski definition) is 0. The molecule has 2 aromatic carbocycles. The van der Waals surface area contributed by atoms with E-state index in [1.165, 1.54) is 28.7 Å². The van der Waals surface area contributed by atoms with Gasteiger partial charge in [0.2, 0.25) is 0 Å². The van der Waals surface area contributed by atoms with Gasteiger partial charge in [0.25, 0.3) is 0 Å². The lowest BCUT2D eigenvalue weighted by Crippen LogP contribution is -2.24. The van der Waals surface area contributed by atoms with Gasteiger partial charge in [-0.15, -0.1) is 0 Å². The van der Waals surface area contributed by atoms with Crippen LogP contribution in [0.5, 0.6) is 5.75 Å². The summed E-state index contributed by atoms with van der Waals surface area (Å²) in [5, 5.41) is 0. The topological polar surface area (TPSA) is 9.23 Å². The minimum Gasteiger partial charge on any atom is -0.487 e. The van der Waals surface area contributed by atoms with Crippen molar-refractivity contribution in [2.24, 2.45) is 0 Å². The molecule has 108 valence electrons. The van der Waals surface area contributed by atoms with Crippen LogP contribution in [0.4, 0.5) is 0 Å². The van der Waals surface area contributed by atoms with Crippen LogP contribution in [0.15, 0.2) is 42.5 Å². The fraction of sp³-hybridized carbons (Fsp3) is 0.368. The van der Waals surface area contributed by atoms with Crippen LogP contribution in [-0.2, 0) is 12.8 Å². The molecule has 1 nitrogen and oxygen atoms in total. The smallest absolute Gasteiger partial charge is 0.123 e. The lowest BCUT2D eigenvalue weighted by atomic mass is 9.74. The van der Waals surface area contributed by atoms with E-state index in [4.69, 9.17) is 4.74 Å². The van der Waals surface area contributed by atoms with E-state index >= 15 is 0 Å². The Bertz CT molecular complexity index is 704. The van der Waals surface area contributed by atoms with Crippen LogP contribution in [-0.4, -0.2) is 5.60 Å². The van der Waals surface area contributed by atoms with Gasteiger partial charge in [0.1, 0.15) is 11.4 Å². The quantitative estimate of drug-likeness (QED) is 0.683. The molecule has 0 fully saturated rings. The first-order valence-corrected chi connectivity index (χ1v) is 8.49. The first-order chi connectivity index (χ1) is 10.0. The number of hydrogen-bond acceptors (Lipinski definition) is 1. The van der Waals surface area contributed by atoms with Crippen molar-refractivity contribution in [3.05, 3.63) is 64.7 Å². The molecule has 2 aliphatic rings. The highest BCUT2D eigenvalue weighted by Crippen LogP contribution is 2.48. The summed E-state index contributed by atoms with van der Waals surface area (Å²) in [5.41, 5.74) is 5.64. The Morgan fingerprint density at radius 1 is 1.14 bits per heavy atom. The molecule has 1 aliphatic heterocycles. The summed E-state index contributed by atoms with van der Waals surface area (Å²) in [4.78, 5) is 0.390.